The molecule has 0 bridgehead atoms. The summed E-state index contributed by atoms with van der Waals surface area (Å²) in [5.74, 6) is -1.06. The number of nitrogens with zero attached hydrogens (tertiary/aromatic N) is 7. The molecular weight excluding hydrogens is 2470 g/mol. The number of carbonyl (C=O) groups excluding carboxylic acids is 4. The monoisotopic (exact) mass is 2580 g/mol. The fraction of sp³-hybridized carbons (Fsp3) is 0.406. The summed E-state index contributed by atoms with van der Waals surface area (Å²) in [6, 6.07) is 47.9. The van der Waals surface area contributed by atoms with Crippen LogP contribution in [0.4, 0.5) is 4.79 Å². The van der Waals surface area contributed by atoms with Gasteiger partial charge in [-0.05, 0) is 134 Å². The molecule has 125 heavy (non-hydrogen) atoms. The molecule has 4 aromatic carbocycles. The minimum Gasteiger partial charge on any atom is 0 e. The molecule has 10 heterocycles. The third-order valence-electron chi connectivity index (χ3n) is 20.6. The van der Waals surface area contributed by atoms with Gasteiger partial charge < -0.3 is 64.7 Å². The summed E-state index contributed by atoms with van der Waals surface area (Å²) in [5.41, 5.74) is 19.5. The summed E-state index contributed by atoms with van der Waals surface area (Å²) in [6.07, 6.45) is -0.362. The Labute approximate surface area is 838 Å². The second-order valence-electron chi connectivity index (χ2n) is 36.9. The van der Waals surface area contributed by atoms with Crippen LogP contribution >= 0.6 is 103 Å². The predicted molar refractivity (Wildman–Crippen MR) is 530 cm³/mol. The number of esters is 1. The van der Waals surface area contributed by atoms with Gasteiger partial charge in [-0.25, -0.2) is 34.3 Å². The van der Waals surface area contributed by atoms with Crippen LogP contribution in [0, 0.1) is 58.8 Å². The predicted octanol–water partition coefficient (Wildman–Crippen LogP) is 22.1. The van der Waals surface area contributed by atoms with Gasteiger partial charge in [-0.3, -0.25) is 9.59 Å². The maximum Gasteiger partial charge on any atom is 0 e. The molecule has 0 atom stereocenters. The number of hydrogen-bond donors (Lipinski definition) is 2. The molecule has 0 radical (unpaired) electrons. The topological polar surface area (TPSA) is 254 Å². The van der Waals surface area contributed by atoms with E-state index in [0.29, 0.717) is 89.8 Å². The molecule has 20 nitrogen and oxygen atoms in total. The van der Waals surface area contributed by atoms with Crippen molar-refractivity contribution in [2.24, 2.45) is 0 Å². The van der Waals surface area contributed by atoms with Crippen molar-refractivity contribution in [1.29, 1.82) is 0 Å². The fourth-order valence-corrected chi connectivity index (χ4v) is 14.2. The number of aryl methyl sites for hydroxylation is 4. The van der Waals surface area contributed by atoms with E-state index < -0.39 is 23.1 Å². The molecule has 3 N–H and O–H groups in total. The summed E-state index contributed by atoms with van der Waals surface area (Å²) in [6.45, 7) is 53.1. The average Bonchev–Trinajstić information content (AvgIpc) is 1.64. The normalized spacial score (nSPS) is 13.6. The van der Waals surface area contributed by atoms with Gasteiger partial charge in [0.15, 0.2) is 33.9 Å². The second-order valence-corrected chi connectivity index (χ2v) is 60.4. The smallest absolute Gasteiger partial charge is 0 e. The van der Waals surface area contributed by atoms with E-state index in [2.05, 4.69) is 315 Å². The van der Waals surface area contributed by atoms with Crippen LogP contribution in [0.3, 0.4) is 0 Å². The zero-order valence-corrected chi connectivity index (χ0v) is 94.6. The van der Waals surface area contributed by atoms with E-state index in [0.717, 1.165) is 92.4 Å². The molecule has 3 amide bonds. The van der Waals surface area contributed by atoms with Crippen molar-refractivity contribution < 1.29 is 124 Å². The van der Waals surface area contributed by atoms with E-state index in [9.17, 15) is 29.1 Å². The third-order valence-corrected chi connectivity index (χ3v) is 20.6. The quantitative estimate of drug-likeness (QED) is 0.0774. The maximum atomic E-state index is 13.7. The van der Waals surface area contributed by atoms with Gasteiger partial charge in [0.05, 0.1) is 60.1 Å². The summed E-state index contributed by atoms with van der Waals surface area (Å²) >= 11 is 11.6. The molecule has 8 aromatic heterocycles. The molecule has 2 aliphatic heterocycles. The minimum atomic E-state index is -1.08. The van der Waals surface area contributed by atoms with E-state index in [1.165, 1.54) is 28.3 Å². The van der Waals surface area contributed by atoms with Crippen LogP contribution in [0.1, 0.15) is 225 Å². The van der Waals surface area contributed by atoms with Crippen LogP contribution < -0.4 is 17.7 Å². The Morgan fingerprint density at radius 1 is 0.448 bits per heavy atom. The van der Waals surface area contributed by atoms with Crippen molar-refractivity contribution in [2.45, 2.75) is 205 Å². The molecule has 0 aliphatic carbocycles. The number of piperazine rings is 2. The van der Waals surface area contributed by atoms with Gasteiger partial charge in [0.2, 0.25) is 11.5 Å². The fourth-order valence-electron chi connectivity index (χ4n) is 14.2. The first kappa shape index (κ1) is 109. The van der Waals surface area contributed by atoms with Crippen LogP contribution in [0.25, 0.3) is 89.4 Å². The number of nitrogens with two attached hydrogens (primary N) is 1. The number of fused-ring (bicyclic) bond motifs is 4. The number of carboxylic acids is 1. The number of alkyl halides is 1. The molecule has 29 heteroatoms. The molecule has 0 unspecified atom stereocenters. The van der Waals surface area contributed by atoms with Gasteiger partial charge in [-0.15, -0.1) is 0 Å². The number of aromatic carboxylic acids is 1. The maximum absolute atomic E-state index is 13.7. The molecule has 2 saturated heterocycles. The number of amides is 3. The first-order valence-corrected chi connectivity index (χ1v) is 60.8. The number of aromatic nitrogens is 4. The molecule has 2 aliphatic rings. The number of rotatable bonds is 9. The molecule has 668 valence electrons. The number of pyridine rings is 4. The first-order chi connectivity index (χ1) is 57.5. The van der Waals surface area contributed by atoms with Gasteiger partial charge in [0.25, 0.3) is 11.8 Å². The number of ether oxygens (including phenoxy) is 2. The van der Waals surface area contributed by atoms with E-state index in [1.54, 1.807) is 28.9 Å². The number of halogens is 6. The Balaban J connectivity index is 0.000000252. The first-order valence-electron chi connectivity index (χ1n) is 40.6. The number of carbonyl (C=O) groups is 5. The largest absolute Gasteiger partial charge is 0 e. The van der Waals surface area contributed by atoms with Crippen LogP contribution in [-0.2, 0) is 50.1 Å². The number of hydrogen-bond acceptors (Lipinski definition) is 15. The van der Waals surface area contributed by atoms with Crippen molar-refractivity contribution in [3.63, 3.8) is 0 Å². The van der Waals surface area contributed by atoms with Crippen molar-refractivity contribution in [3.05, 3.63) is 213 Å². The summed E-state index contributed by atoms with van der Waals surface area (Å²) < 4.78 is 34.4. The zero-order chi connectivity index (χ0) is 91.4. The Kier molecular flexibility index (Phi) is 40.3. The van der Waals surface area contributed by atoms with Gasteiger partial charge in [0, 0.05) is 120 Å². The molecule has 0 saturated carbocycles. The molecule has 12 aromatic rings. The molecule has 2 fully saturated rings. The van der Waals surface area contributed by atoms with Crippen molar-refractivity contribution in [3.8, 4) is 45.0 Å². The number of benzene rings is 4. The number of quaternary nitrogens is 1. The minimum absolute atomic E-state index is 0. The Hall–Kier alpha value is -5.09. The molecule has 0 spiro atoms. The van der Waals surface area contributed by atoms with Crippen molar-refractivity contribution in [1.82, 2.24) is 34.6 Å². The second kappa shape index (κ2) is 46.3. The zero-order valence-electron chi connectivity index (χ0n) is 76.1. The summed E-state index contributed by atoms with van der Waals surface area (Å²) in [4.78, 5) is 89.3. The van der Waals surface area contributed by atoms with Gasteiger partial charge in [0.1, 0.15) is 27.7 Å². The number of carboxylic acid groups (broad SMARTS) is 1. The Morgan fingerprint density at radius 3 is 1.00 bits per heavy atom. The van der Waals surface area contributed by atoms with Gasteiger partial charge in [-0.2, -0.15) is 0 Å². The van der Waals surface area contributed by atoms with Crippen molar-refractivity contribution in [2.75, 3.05) is 50.8 Å². The SMILES string of the molecule is CCOC(=O)c1cc2nc(-c3ccc(C)cc3)cc(C(C)(C)C)c2o1.CI.Cc1ccc(-c2cc(C(C)(C)C)c3oc(C(=O)N4CCN(C(=O)OC(C)(C)C)CC4(C)C)cc3n2)cc1.Cc1ccc(-c2cc(C(C)(C)C)c3oc(C(=O)N4CC[NH2+]CC4(C)C)cc3n2)cc1.Cc1ccc(-c2cc(C(C)(C)C)c3oc(C(=O)O)cc3n2)cc1.[Cl-].[I][V][I].[I][V][I].[U]. The molecular formula is C96H116ClI5N8O12UV2. The summed E-state index contributed by atoms with van der Waals surface area (Å²) in [5, 5.41) is 11.4. The van der Waals surface area contributed by atoms with E-state index in [-0.39, 0.29) is 106 Å². The molecule has 14 rings (SSSR count). The number of furan rings is 4. The van der Waals surface area contributed by atoms with Gasteiger partial charge in [-0.1, -0.05) is 225 Å². The Morgan fingerprint density at radius 2 is 0.728 bits per heavy atom. The summed E-state index contributed by atoms with van der Waals surface area (Å²) in [7, 11) is 1.25. The Bertz CT molecular complexity index is 5690. The van der Waals surface area contributed by atoms with Crippen LogP contribution in [0.5, 0.6) is 0 Å². The van der Waals surface area contributed by atoms with Crippen LogP contribution in [0.15, 0.2) is 163 Å². The van der Waals surface area contributed by atoms with Crippen LogP contribution in [0.2, 0.25) is 0 Å². The van der Waals surface area contributed by atoms with Crippen molar-refractivity contribution >= 4 is 177 Å². The average molecular weight is 2580 g/mol. The van der Waals surface area contributed by atoms with E-state index >= 15 is 0 Å². The standard InChI is InChI=1S/C30H39N3O4.C25H31N3O2.C21H23NO3.C19H19NO3.CH3I.ClH.4HI.U.2V/c1-19-10-12-20(13-11-19)22-16-21(28(2,3)4)25-23(31-22)17-24(36-25)26(34)33-15-14-32(18-30(33,8)9)27(35)37-29(5,6)7;1-16-7-9-17(10-8-16)19-13-18(24(2,3)4)22-20(27-19)14-21(30-22)23(29)28-12-11-26-15-25(28,5)6;1-6-24-20(23)18-12-17-19(25-18)15(21(3,4)5)11-16(22-17)14-9-7-13(2)8-10-14;1-11-5-7-12(8-6-11)14-9-13(19(2,3)4)17-15(20-14)10-16(23-17)18(21)22;1-2;;;;;;;;/h10-13,16-17H,14-15,18H2,1-9H3;7-10,13-14,26H,11-12,15H2,1-6H3;7-12H,6H2,1-5H3;5-10H,1-4H3,(H,21,22);1H3;5*1H;;;/q;;;;;;;;;;;2*+2/p-4. The van der Waals surface area contributed by atoms with Crippen LogP contribution in [-0.4, -0.2) is 137 Å². The van der Waals surface area contributed by atoms with E-state index in [4.69, 9.17) is 42.1 Å². The van der Waals surface area contributed by atoms with E-state index in [1.807, 2.05) is 93.8 Å². The third kappa shape index (κ3) is 29.0. The van der Waals surface area contributed by atoms with Gasteiger partial charge >= 0.3 is 117 Å².